The van der Waals surface area contributed by atoms with Crippen molar-refractivity contribution < 1.29 is 9.00 Å². The molecule has 1 aromatic carbocycles. The first-order valence-electron chi connectivity index (χ1n) is 9.89. The zero-order valence-corrected chi connectivity index (χ0v) is 18.9. The average molecular weight is 448 g/mol. The molecule has 1 fully saturated rings. The van der Waals surface area contributed by atoms with Crippen LogP contribution in [0.25, 0.3) is 0 Å². The Morgan fingerprint density at radius 2 is 1.83 bits per heavy atom. The van der Waals surface area contributed by atoms with Gasteiger partial charge in [-0.2, -0.15) is 4.98 Å². The topological polar surface area (TPSA) is 87.2 Å². The molecular formula is C21H26ClN5O2S. The molecule has 160 valence electrons. The lowest BCUT2D eigenvalue weighted by atomic mass is 9.91. The Bertz CT molecular complexity index is 970. The van der Waals surface area contributed by atoms with Gasteiger partial charge in [0, 0.05) is 48.5 Å². The summed E-state index contributed by atoms with van der Waals surface area (Å²) < 4.78 is 11.6. The highest BCUT2D eigenvalue weighted by molar-refractivity contribution is 7.69. The summed E-state index contributed by atoms with van der Waals surface area (Å²) in [6.45, 7) is 1.99. The molecule has 1 aromatic heterocycles. The van der Waals surface area contributed by atoms with Crippen molar-refractivity contribution in [2.75, 3.05) is 24.3 Å². The van der Waals surface area contributed by atoms with Gasteiger partial charge in [-0.05, 0) is 38.7 Å². The van der Waals surface area contributed by atoms with Crippen molar-refractivity contribution in [3.8, 4) is 0 Å². The van der Waals surface area contributed by atoms with Crippen molar-refractivity contribution in [2.24, 2.45) is 0 Å². The van der Waals surface area contributed by atoms with Gasteiger partial charge in [0.05, 0.1) is 0 Å². The summed E-state index contributed by atoms with van der Waals surface area (Å²) in [7, 11) is 3.92. The van der Waals surface area contributed by atoms with E-state index in [9.17, 15) is 9.00 Å². The zero-order valence-electron chi connectivity index (χ0n) is 17.3. The van der Waals surface area contributed by atoms with Crippen molar-refractivity contribution in [2.45, 2.75) is 44.7 Å². The van der Waals surface area contributed by atoms with Crippen molar-refractivity contribution in [3.05, 3.63) is 46.6 Å². The molecule has 0 radical (unpaired) electrons. The minimum absolute atomic E-state index is 0.0245. The lowest BCUT2D eigenvalue weighted by molar-refractivity contribution is -0.115. The highest BCUT2D eigenvalue weighted by atomic mass is 35.5. The molecular weight excluding hydrogens is 422 g/mol. The summed E-state index contributed by atoms with van der Waals surface area (Å²) in [5.41, 5.74) is 1.50. The van der Waals surface area contributed by atoms with Gasteiger partial charge in [-0.25, -0.2) is 9.19 Å². The monoisotopic (exact) mass is 447 g/mol. The number of hydrogen-bond acceptors (Lipinski definition) is 6. The summed E-state index contributed by atoms with van der Waals surface area (Å²) in [6.07, 6.45) is 5.21. The fourth-order valence-corrected chi connectivity index (χ4v) is 4.31. The molecule has 30 heavy (non-hydrogen) atoms. The van der Waals surface area contributed by atoms with E-state index >= 15 is 0 Å². The number of nitrogens with zero attached hydrogens (tertiary/aromatic N) is 3. The number of anilines is 2. The molecule has 1 aliphatic carbocycles. The number of halogens is 1. The Kier molecular flexibility index (Phi) is 7.44. The highest BCUT2D eigenvalue weighted by Gasteiger charge is 2.25. The normalized spacial score (nSPS) is 18.4. The number of rotatable bonds is 6. The third kappa shape index (κ3) is 5.37. The van der Waals surface area contributed by atoms with E-state index in [4.69, 9.17) is 11.6 Å². The quantitative estimate of drug-likeness (QED) is 0.523. The zero-order chi connectivity index (χ0) is 21.7. The van der Waals surface area contributed by atoms with Crippen LogP contribution in [0.15, 0.2) is 30.5 Å². The van der Waals surface area contributed by atoms with Crippen LogP contribution in [0.1, 0.15) is 36.8 Å². The van der Waals surface area contributed by atoms with Crippen molar-refractivity contribution in [1.82, 2.24) is 15.3 Å². The van der Waals surface area contributed by atoms with Crippen molar-refractivity contribution in [1.29, 1.82) is 0 Å². The number of nitrogens with one attached hydrogen (secondary N) is 2. The molecule has 0 aliphatic heterocycles. The fraction of sp³-hybridized carbons (Fsp3) is 0.429. The van der Waals surface area contributed by atoms with Crippen LogP contribution in [0.3, 0.4) is 0 Å². The van der Waals surface area contributed by atoms with E-state index in [1.165, 1.54) is 0 Å². The van der Waals surface area contributed by atoms with Gasteiger partial charge in [-0.1, -0.05) is 29.8 Å². The third-order valence-electron chi connectivity index (χ3n) is 5.17. The van der Waals surface area contributed by atoms with Gasteiger partial charge in [0.2, 0.25) is 5.95 Å². The van der Waals surface area contributed by atoms with Crippen LogP contribution in [0.4, 0.5) is 11.8 Å². The summed E-state index contributed by atoms with van der Waals surface area (Å²) in [5, 5.41) is 6.79. The molecule has 2 aromatic rings. The van der Waals surface area contributed by atoms with Gasteiger partial charge in [0.15, 0.2) is 0 Å². The maximum Gasteiger partial charge on any atom is 0.265 e. The number of hydrogen-bond donors (Lipinski definition) is 2. The number of amides is 1. The lowest BCUT2D eigenvalue weighted by Gasteiger charge is -2.30. The van der Waals surface area contributed by atoms with E-state index in [2.05, 4.69) is 20.6 Å². The molecule has 0 bridgehead atoms. The number of aromatic nitrogens is 2. The molecule has 0 atom stereocenters. The molecule has 7 nitrogen and oxygen atoms in total. The predicted molar refractivity (Wildman–Crippen MR) is 123 cm³/mol. The highest BCUT2D eigenvalue weighted by Crippen LogP contribution is 2.23. The number of aryl methyl sites for hydroxylation is 1. The van der Waals surface area contributed by atoms with Gasteiger partial charge < -0.3 is 15.5 Å². The lowest BCUT2D eigenvalue weighted by Crippen LogP contribution is -2.43. The van der Waals surface area contributed by atoms with Crippen molar-refractivity contribution >= 4 is 45.4 Å². The van der Waals surface area contributed by atoms with E-state index in [1.54, 1.807) is 24.3 Å². The van der Waals surface area contributed by atoms with Crippen molar-refractivity contribution in [3.63, 3.8) is 0 Å². The van der Waals surface area contributed by atoms with Gasteiger partial charge >= 0.3 is 0 Å². The Hall–Kier alpha value is -2.45. The van der Waals surface area contributed by atoms with Gasteiger partial charge in [0.1, 0.15) is 21.9 Å². The second kappa shape index (κ2) is 10.0. The van der Waals surface area contributed by atoms with Crippen LogP contribution in [-0.4, -0.2) is 51.1 Å². The molecule has 3 rings (SSSR count). The minimum atomic E-state index is -0.364. The van der Waals surface area contributed by atoms with Gasteiger partial charge in [-0.3, -0.25) is 4.79 Å². The third-order valence-corrected chi connectivity index (χ3v) is 6.07. The van der Waals surface area contributed by atoms with Crippen LogP contribution in [0, 0.1) is 6.92 Å². The Morgan fingerprint density at radius 3 is 2.47 bits per heavy atom. The summed E-state index contributed by atoms with van der Waals surface area (Å²) in [4.78, 5) is 23.7. The molecule has 9 heteroatoms. The number of carbonyl (C=O) groups is 1. The molecule has 0 saturated heterocycles. The van der Waals surface area contributed by atoms with Crippen LogP contribution < -0.4 is 15.5 Å². The predicted octanol–water partition coefficient (Wildman–Crippen LogP) is 2.78. The molecule has 0 spiro atoms. The molecule has 0 unspecified atom stereocenters. The first kappa shape index (κ1) is 22.2. The Balaban J connectivity index is 1.56. The van der Waals surface area contributed by atoms with Crippen LogP contribution >= 0.6 is 11.6 Å². The Labute approximate surface area is 185 Å². The molecule has 1 aliphatic rings. The molecule has 2 N–H and O–H groups in total. The molecule has 1 saturated carbocycles. The number of carbonyl (C=O) groups excluding carboxylic acids is 1. The standard InChI is InChI=1S/C21H26ClN5O2S/c1-13-12-23-21(26-19(13)27(2)3)25-15-10-8-14(9-11-15)24-20(28)18(30-29)16-6-4-5-7-17(16)22/h4-7,12,14-15H,8-11H2,1-3H3,(H,24,28)(H,23,25,26). The maximum absolute atomic E-state index is 12.6. The first-order chi connectivity index (χ1) is 14.4. The Morgan fingerprint density at radius 1 is 1.17 bits per heavy atom. The van der Waals surface area contributed by atoms with E-state index in [-0.39, 0.29) is 34.1 Å². The van der Waals surface area contributed by atoms with Gasteiger partial charge in [0.25, 0.3) is 5.91 Å². The average Bonchev–Trinajstić information content (AvgIpc) is 2.72. The second-order valence-corrected chi connectivity index (χ2v) is 8.64. The smallest absolute Gasteiger partial charge is 0.265 e. The van der Waals surface area contributed by atoms with E-state index in [0.717, 1.165) is 37.1 Å². The van der Waals surface area contributed by atoms with E-state index in [1.807, 2.05) is 32.1 Å². The SMILES string of the molecule is Cc1cnc(NC2CCC(NC(=O)C(=S=O)c3ccccc3Cl)CC2)nc1N(C)C. The maximum atomic E-state index is 12.6. The van der Waals surface area contributed by atoms with E-state index in [0.29, 0.717) is 16.5 Å². The number of benzene rings is 1. The van der Waals surface area contributed by atoms with Crippen LogP contribution in [-0.2, 0) is 16.1 Å². The largest absolute Gasteiger partial charge is 0.362 e. The van der Waals surface area contributed by atoms with Crippen LogP contribution in [0.2, 0.25) is 5.02 Å². The van der Waals surface area contributed by atoms with E-state index < -0.39 is 0 Å². The molecule has 1 amide bonds. The fourth-order valence-electron chi connectivity index (χ4n) is 3.62. The van der Waals surface area contributed by atoms with Gasteiger partial charge in [-0.15, -0.1) is 0 Å². The second-order valence-electron chi connectivity index (χ2n) is 7.65. The summed E-state index contributed by atoms with van der Waals surface area (Å²) in [5.74, 6) is 1.15. The summed E-state index contributed by atoms with van der Waals surface area (Å²) in [6, 6.07) is 7.16. The first-order valence-corrected chi connectivity index (χ1v) is 11.0. The molecule has 1 heterocycles. The summed E-state index contributed by atoms with van der Waals surface area (Å²) >= 11 is 6.32. The minimum Gasteiger partial charge on any atom is -0.362 e. The van der Waals surface area contributed by atoms with Crippen LogP contribution in [0.5, 0.6) is 0 Å².